The normalized spacial score (nSPS) is 11.2. The van der Waals surface area contributed by atoms with Gasteiger partial charge in [0, 0.05) is 12.2 Å². The Morgan fingerprint density at radius 1 is 1.04 bits per heavy atom. The van der Waals surface area contributed by atoms with Crippen molar-refractivity contribution in [3.05, 3.63) is 53.6 Å². The van der Waals surface area contributed by atoms with Gasteiger partial charge in [-0.25, -0.2) is 13.1 Å². The Balaban J connectivity index is 1.91. The maximum Gasteiger partial charge on any atom is 0.262 e. The van der Waals surface area contributed by atoms with Crippen LogP contribution in [0.5, 0.6) is 5.75 Å². The van der Waals surface area contributed by atoms with Crippen LogP contribution < -0.4 is 14.8 Å². The lowest BCUT2D eigenvalue weighted by Crippen LogP contribution is -2.24. The zero-order valence-electron chi connectivity index (χ0n) is 15.2. The van der Waals surface area contributed by atoms with Crippen LogP contribution >= 0.6 is 0 Å². The van der Waals surface area contributed by atoms with Crippen LogP contribution in [0.25, 0.3) is 0 Å². The molecule has 7 heteroatoms. The molecule has 0 spiro atoms. The first kappa shape index (κ1) is 19.9. The van der Waals surface area contributed by atoms with Crippen molar-refractivity contribution in [3.63, 3.8) is 0 Å². The zero-order chi connectivity index (χ0) is 19.2. The fourth-order valence-corrected chi connectivity index (χ4v) is 3.32. The van der Waals surface area contributed by atoms with Crippen molar-refractivity contribution in [2.24, 2.45) is 0 Å². The van der Waals surface area contributed by atoms with Crippen molar-refractivity contribution in [1.29, 1.82) is 0 Å². The number of carbonyl (C=O) groups excluding carboxylic acids is 1. The topological polar surface area (TPSA) is 84.5 Å². The van der Waals surface area contributed by atoms with Crippen LogP contribution in [0.2, 0.25) is 0 Å². The van der Waals surface area contributed by atoms with Gasteiger partial charge in [0.05, 0.1) is 4.90 Å². The van der Waals surface area contributed by atoms with E-state index in [9.17, 15) is 13.2 Å². The van der Waals surface area contributed by atoms with Gasteiger partial charge in [0.15, 0.2) is 6.61 Å². The van der Waals surface area contributed by atoms with E-state index in [0.717, 1.165) is 11.1 Å². The highest BCUT2D eigenvalue weighted by Crippen LogP contribution is 2.17. The number of hydrogen-bond acceptors (Lipinski definition) is 4. The summed E-state index contributed by atoms with van der Waals surface area (Å²) in [5, 5.41) is 2.68. The summed E-state index contributed by atoms with van der Waals surface area (Å²) >= 11 is 0. The molecule has 0 unspecified atom stereocenters. The molecule has 0 heterocycles. The monoisotopic (exact) mass is 376 g/mol. The van der Waals surface area contributed by atoms with Gasteiger partial charge >= 0.3 is 0 Å². The van der Waals surface area contributed by atoms with E-state index in [1.165, 1.54) is 12.1 Å². The van der Waals surface area contributed by atoms with Gasteiger partial charge in [-0.15, -0.1) is 0 Å². The maximum atomic E-state index is 12.0. The van der Waals surface area contributed by atoms with E-state index in [2.05, 4.69) is 10.0 Å². The molecule has 2 rings (SSSR count). The van der Waals surface area contributed by atoms with E-state index in [0.29, 0.717) is 24.4 Å². The molecule has 0 saturated heterocycles. The third kappa shape index (κ3) is 5.57. The van der Waals surface area contributed by atoms with Gasteiger partial charge in [-0.2, -0.15) is 0 Å². The van der Waals surface area contributed by atoms with Crippen LogP contribution in [0, 0.1) is 13.8 Å². The van der Waals surface area contributed by atoms with Crippen molar-refractivity contribution in [1.82, 2.24) is 4.72 Å². The number of sulfonamides is 1. The molecule has 1 amide bonds. The number of carbonyl (C=O) groups is 1. The van der Waals surface area contributed by atoms with Crippen molar-refractivity contribution in [2.75, 3.05) is 18.5 Å². The summed E-state index contributed by atoms with van der Waals surface area (Å²) in [6.07, 6.45) is 0.716. The molecule has 0 atom stereocenters. The molecular weight excluding hydrogens is 352 g/mol. The SMILES string of the molecule is CCCNS(=O)(=O)c1ccc(NC(=O)COc2ccc(C)c(C)c2)cc1. The summed E-state index contributed by atoms with van der Waals surface area (Å²) in [7, 11) is -3.51. The molecule has 0 aliphatic rings. The lowest BCUT2D eigenvalue weighted by atomic mass is 10.1. The van der Waals surface area contributed by atoms with Crippen LogP contribution in [0.1, 0.15) is 24.5 Å². The zero-order valence-corrected chi connectivity index (χ0v) is 16.0. The highest BCUT2D eigenvalue weighted by atomic mass is 32.2. The van der Waals surface area contributed by atoms with Gasteiger partial charge < -0.3 is 10.1 Å². The quantitative estimate of drug-likeness (QED) is 0.742. The van der Waals surface area contributed by atoms with Crippen LogP contribution in [-0.2, 0) is 14.8 Å². The number of rotatable bonds is 8. The predicted octanol–water partition coefficient (Wildman–Crippen LogP) is 3.01. The molecule has 140 valence electrons. The van der Waals surface area contributed by atoms with Crippen LogP contribution in [0.15, 0.2) is 47.4 Å². The molecule has 0 radical (unpaired) electrons. The molecule has 0 saturated carbocycles. The third-order valence-electron chi connectivity index (χ3n) is 3.84. The largest absolute Gasteiger partial charge is 0.484 e. The van der Waals surface area contributed by atoms with Gasteiger partial charge in [-0.05, 0) is 67.8 Å². The van der Waals surface area contributed by atoms with Crippen molar-refractivity contribution in [2.45, 2.75) is 32.1 Å². The number of hydrogen-bond donors (Lipinski definition) is 2. The van der Waals surface area contributed by atoms with Gasteiger partial charge in [-0.1, -0.05) is 13.0 Å². The Hall–Kier alpha value is -2.38. The lowest BCUT2D eigenvalue weighted by molar-refractivity contribution is -0.118. The van der Waals surface area contributed by atoms with Gasteiger partial charge in [0.25, 0.3) is 5.91 Å². The Bertz CT molecular complexity index is 862. The minimum atomic E-state index is -3.51. The second kappa shape index (κ2) is 8.82. The van der Waals surface area contributed by atoms with E-state index in [1.807, 2.05) is 39.0 Å². The van der Waals surface area contributed by atoms with Crippen molar-refractivity contribution < 1.29 is 17.9 Å². The molecule has 2 aromatic carbocycles. The number of anilines is 1. The van der Waals surface area contributed by atoms with Crippen LogP contribution in [0.4, 0.5) is 5.69 Å². The minimum Gasteiger partial charge on any atom is -0.484 e. The number of benzene rings is 2. The summed E-state index contributed by atoms with van der Waals surface area (Å²) in [6.45, 7) is 6.14. The van der Waals surface area contributed by atoms with Gasteiger partial charge in [0.1, 0.15) is 5.75 Å². The third-order valence-corrected chi connectivity index (χ3v) is 5.32. The Labute approximate surface area is 154 Å². The maximum absolute atomic E-state index is 12.0. The van der Waals surface area contributed by atoms with Crippen LogP contribution in [-0.4, -0.2) is 27.5 Å². The van der Waals surface area contributed by atoms with Crippen molar-refractivity contribution >= 4 is 21.6 Å². The first-order chi connectivity index (χ1) is 12.3. The molecule has 0 fully saturated rings. The number of aryl methyl sites for hydroxylation is 2. The fourth-order valence-electron chi connectivity index (χ4n) is 2.19. The first-order valence-corrected chi connectivity index (χ1v) is 9.90. The molecule has 0 bridgehead atoms. The average molecular weight is 376 g/mol. The Kier molecular flexibility index (Phi) is 6.76. The number of ether oxygens (including phenoxy) is 1. The predicted molar refractivity (Wildman–Crippen MR) is 102 cm³/mol. The Morgan fingerprint density at radius 3 is 2.35 bits per heavy atom. The van der Waals surface area contributed by atoms with E-state index in [1.54, 1.807) is 12.1 Å². The lowest BCUT2D eigenvalue weighted by Gasteiger charge is -2.10. The van der Waals surface area contributed by atoms with Crippen LogP contribution in [0.3, 0.4) is 0 Å². The molecule has 2 N–H and O–H groups in total. The second-order valence-electron chi connectivity index (χ2n) is 6.01. The molecular formula is C19H24N2O4S. The summed E-state index contributed by atoms with van der Waals surface area (Å²) in [5.41, 5.74) is 2.76. The molecule has 0 aliphatic carbocycles. The summed E-state index contributed by atoms with van der Waals surface area (Å²) in [6, 6.07) is 11.6. The molecule has 0 aliphatic heterocycles. The van der Waals surface area contributed by atoms with E-state index >= 15 is 0 Å². The van der Waals surface area contributed by atoms with E-state index in [-0.39, 0.29) is 17.4 Å². The van der Waals surface area contributed by atoms with Gasteiger partial charge in [0.2, 0.25) is 10.0 Å². The average Bonchev–Trinajstić information content (AvgIpc) is 2.61. The summed E-state index contributed by atoms with van der Waals surface area (Å²) in [5.74, 6) is 0.314. The van der Waals surface area contributed by atoms with Gasteiger partial charge in [-0.3, -0.25) is 4.79 Å². The summed E-state index contributed by atoms with van der Waals surface area (Å²) in [4.78, 5) is 12.2. The standard InChI is InChI=1S/C19H24N2O4S/c1-4-11-20-26(23,24)18-9-6-16(7-10-18)21-19(22)13-25-17-8-5-14(2)15(3)12-17/h5-10,12,20H,4,11,13H2,1-3H3,(H,21,22). The van der Waals surface area contributed by atoms with E-state index in [4.69, 9.17) is 4.74 Å². The summed E-state index contributed by atoms with van der Waals surface area (Å²) < 4.78 is 32.0. The molecule has 26 heavy (non-hydrogen) atoms. The fraction of sp³-hybridized carbons (Fsp3) is 0.316. The number of amides is 1. The van der Waals surface area contributed by atoms with Crippen molar-refractivity contribution in [3.8, 4) is 5.75 Å². The Morgan fingerprint density at radius 2 is 1.73 bits per heavy atom. The second-order valence-corrected chi connectivity index (χ2v) is 7.77. The number of nitrogens with one attached hydrogen (secondary N) is 2. The van der Waals surface area contributed by atoms with E-state index < -0.39 is 10.0 Å². The molecule has 2 aromatic rings. The smallest absolute Gasteiger partial charge is 0.262 e. The molecule has 0 aromatic heterocycles. The first-order valence-electron chi connectivity index (χ1n) is 8.41. The highest BCUT2D eigenvalue weighted by molar-refractivity contribution is 7.89. The molecule has 6 nitrogen and oxygen atoms in total. The highest BCUT2D eigenvalue weighted by Gasteiger charge is 2.13. The minimum absolute atomic E-state index is 0.124.